The van der Waals surface area contributed by atoms with Crippen molar-refractivity contribution >= 4 is 34.1 Å². The molecule has 0 aliphatic carbocycles. The van der Waals surface area contributed by atoms with Crippen LogP contribution in [0.2, 0.25) is 10.0 Å². The van der Waals surface area contributed by atoms with Gasteiger partial charge in [-0.15, -0.1) is 0 Å². The lowest BCUT2D eigenvalue weighted by Gasteiger charge is -2.17. The van der Waals surface area contributed by atoms with E-state index in [1.807, 2.05) is 6.07 Å². The summed E-state index contributed by atoms with van der Waals surface area (Å²) in [5.41, 5.74) is 3.87. The number of ether oxygens (including phenoxy) is 1. The van der Waals surface area contributed by atoms with E-state index >= 15 is 0 Å². The maximum atomic E-state index is 6.24. The first-order valence-electron chi connectivity index (χ1n) is 9.60. The van der Waals surface area contributed by atoms with Crippen molar-refractivity contribution in [3.8, 4) is 17.1 Å². The van der Waals surface area contributed by atoms with E-state index in [4.69, 9.17) is 27.9 Å². The summed E-state index contributed by atoms with van der Waals surface area (Å²) < 4.78 is 6.10. The number of fused-ring (bicyclic) bond motifs is 1. The zero-order valence-electron chi connectivity index (χ0n) is 16.1. The molecule has 0 radical (unpaired) electrons. The van der Waals surface area contributed by atoms with Crippen LogP contribution in [0.3, 0.4) is 0 Å². The molecule has 1 aliphatic rings. The van der Waals surface area contributed by atoms with Crippen molar-refractivity contribution in [2.45, 2.75) is 26.7 Å². The third-order valence-corrected chi connectivity index (χ3v) is 5.72. The van der Waals surface area contributed by atoms with Crippen molar-refractivity contribution in [2.24, 2.45) is 0 Å². The van der Waals surface area contributed by atoms with Crippen molar-refractivity contribution in [1.29, 1.82) is 0 Å². The molecule has 0 atom stereocenters. The van der Waals surface area contributed by atoms with Crippen LogP contribution in [-0.2, 0) is 0 Å². The second-order valence-electron chi connectivity index (χ2n) is 7.35. The van der Waals surface area contributed by atoms with E-state index in [9.17, 15) is 0 Å². The maximum absolute atomic E-state index is 6.24. The molecule has 2 aromatic carbocycles. The average Bonchev–Trinajstić information content (AvgIpc) is 3.16. The van der Waals surface area contributed by atoms with E-state index in [0.29, 0.717) is 22.5 Å². The maximum Gasteiger partial charge on any atom is 0.159 e. The summed E-state index contributed by atoms with van der Waals surface area (Å²) in [7, 11) is 0. The minimum Gasteiger partial charge on any atom is -0.492 e. The third-order valence-electron chi connectivity index (χ3n) is 5.19. The Bertz CT molecular complexity index is 993. The van der Waals surface area contributed by atoms with Crippen molar-refractivity contribution in [1.82, 2.24) is 14.9 Å². The van der Waals surface area contributed by atoms with Gasteiger partial charge in [0, 0.05) is 28.7 Å². The first-order valence-corrected chi connectivity index (χ1v) is 10.4. The molecule has 4 nitrogen and oxygen atoms in total. The largest absolute Gasteiger partial charge is 0.492 e. The van der Waals surface area contributed by atoms with Crippen molar-refractivity contribution in [3.05, 3.63) is 51.6 Å². The summed E-state index contributed by atoms with van der Waals surface area (Å²) in [5.74, 6) is 1.61. The minimum absolute atomic E-state index is 0.558. The fourth-order valence-electron chi connectivity index (χ4n) is 3.79. The van der Waals surface area contributed by atoms with Gasteiger partial charge in [-0.25, -0.2) is 9.97 Å². The highest BCUT2D eigenvalue weighted by molar-refractivity contribution is 6.38. The second kappa shape index (κ2) is 8.24. The Morgan fingerprint density at radius 3 is 2.46 bits per heavy atom. The fourth-order valence-corrected chi connectivity index (χ4v) is 4.32. The zero-order chi connectivity index (χ0) is 19.7. The van der Waals surface area contributed by atoms with Crippen LogP contribution in [0.5, 0.6) is 5.75 Å². The van der Waals surface area contributed by atoms with Gasteiger partial charge in [-0.05, 0) is 75.2 Å². The molecule has 0 amide bonds. The van der Waals surface area contributed by atoms with Gasteiger partial charge in [-0.2, -0.15) is 0 Å². The van der Waals surface area contributed by atoms with Crippen LogP contribution < -0.4 is 4.74 Å². The molecule has 0 unspecified atom stereocenters. The smallest absolute Gasteiger partial charge is 0.159 e. The molecular formula is C22H23Cl2N3O. The molecule has 4 rings (SSSR count). The molecule has 1 aromatic heterocycles. The minimum atomic E-state index is 0.558. The van der Waals surface area contributed by atoms with Crippen LogP contribution in [-0.4, -0.2) is 41.1 Å². The van der Waals surface area contributed by atoms with Crippen molar-refractivity contribution in [2.75, 3.05) is 26.2 Å². The van der Waals surface area contributed by atoms with Crippen molar-refractivity contribution in [3.63, 3.8) is 0 Å². The van der Waals surface area contributed by atoms with Crippen LogP contribution >= 0.6 is 23.2 Å². The summed E-state index contributed by atoms with van der Waals surface area (Å²) in [4.78, 5) is 11.6. The topological polar surface area (TPSA) is 38.3 Å². The lowest BCUT2D eigenvalue weighted by Crippen LogP contribution is -2.25. The van der Waals surface area contributed by atoms with Crippen LogP contribution in [0.25, 0.3) is 22.3 Å². The van der Waals surface area contributed by atoms with Gasteiger partial charge in [-0.1, -0.05) is 23.2 Å². The number of rotatable bonds is 5. The molecule has 1 saturated heterocycles. The number of likely N-dealkylation sites (tertiary alicyclic amines) is 1. The number of nitrogens with zero attached hydrogens (tertiary/aromatic N) is 3. The second-order valence-corrected chi connectivity index (χ2v) is 8.19. The molecule has 0 bridgehead atoms. The molecule has 28 heavy (non-hydrogen) atoms. The highest BCUT2D eigenvalue weighted by atomic mass is 35.5. The van der Waals surface area contributed by atoms with Crippen LogP contribution in [0.15, 0.2) is 30.5 Å². The first-order chi connectivity index (χ1) is 13.5. The highest BCUT2D eigenvalue weighted by Gasteiger charge is 2.14. The van der Waals surface area contributed by atoms with Crippen LogP contribution in [0, 0.1) is 13.8 Å². The van der Waals surface area contributed by atoms with E-state index in [0.717, 1.165) is 39.9 Å². The monoisotopic (exact) mass is 415 g/mol. The molecular weight excluding hydrogens is 393 g/mol. The summed E-state index contributed by atoms with van der Waals surface area (Å²) in [6.45, 7) is 8.20. The summed E-state index contributed by atoms with van der Waals surface area (Å²) in [6, 6.07) is 7.66. The van der Waals surface area contributed by atoms with Crippen LogP contribution in [0.1, 0.15) is 24.0 Å². The van der Waals surface area contributed by atoms with Gasteiger partial charge in [0.25, 0.3) is 0 Å². The molecule has 0 N–H and O–H groups in total. The standard InChI is InChI=1S/C22H23Cl2N3O/c1-14-9-16(10-15(2)21(14)28-8-7-27-5-3-4-6-27)22-25-13-18-19(24)11-17(23)12-20(18)26-22/h9-13H,3-8H2,1-2H3. The first kappa shape index (κ1) is 19.4. The Hall–Kier alpha value is -1.88. The van der Waals surface area contributed by atoms with Gasteiger partial charge >= 0.3 is 0 Å². The number of hydrogen-bond acceptors (Lipinski definition) is 4. The Morgan fingerprint density at radius 1 is 1.04 bits per heavy atom. The molecule has 1 aliphatic heterocycles. The molecule has 6 heteroatoms. The van der Waals surface area contributed by atoms with Gasteiger partial charge in [0.05, 0.1) is 10.5 Å². The molecule has 0 spiro atoms. The SMILES string of the molecule is Cc1cc(-c2ncc3c(Cl)cc(Cl)cc3n2)cc(C)c1OCCN1CCCC1. The normalized spacial score (nSPS) is 14.7. The Morgan fingerprint density at radius 2 is 1.75 bits per heavy atom. The lowest BCUT2D eigenvalue weighted by atomic mass is 10.0. The van der Waals surface area contributed by atoms with Gasteiger partial charge in [0.2, 0.25) is 0 Å². The van der Waals surface area contributed by atoms with E-state index in [1.165, 1.54) is 25.9 Å². The average molecular weight is 416 g/mol. The van der Waals surface area contributed by atoms with E-state index < -0.39 is 0 Å². The van der Waals surface area contributed by atoms with Gasteiger partial charge in [0.15, 0.2) is 5.82 Å². The van der Waals surface area contributed by atoms with Gasteiger partial charge in [-0.3, -0.25) is 4.90 Å². The number of hydrogen-bond donors (Lipinski definition) is 0. The van der Waals surface area contributed by atoms with Gasteiger partial charge in [0.1, 0.15) is 12.4 Å². The zero-order valence-corrected chi connectivity index (χ0v) is 17.6. The molecule has 0 saturated carbocycles. The summed E-state index contributed by atoms with van der Waals surface area (Å²) >= 11 is 12.4. The lowest BCUT2D eigenvalue weighted by molar-refractivity contribution is 0.236. The molecule has 2 heterocycles. The predicted molar refractivity (Wildman–Crippen MR) is 116 cm³/mol. The predicted octanol–water partition coefficient (Wildman–Crippen LogP) is 5.70. The Kier molecular flexibility index (Phi) is 5.72. The van der Waals surface area contributed by atoms with Crippen LogP contribution in [0.4, 0.5) is 0 Å². The number of aromatic nitrogens is 2. The van der Waals surface area contributed by atoms with E-state index in [1.54, 1.807) is 12.3 Å². The third kappa shape index (κ3) is 4.09. The molecule has 1 fully saturated rings. The summed E-state index contributed by atoms with van der Waals surface area (Å²) in [5, 5.41) is 1.92. The Labute approximate surface area is 175 Å². The van der Waals surface area contributed by atoms with Gasteiger partial charge < -0.3 is 4.74 Å². The number of halogens is 2. The highest BCUT2D eigenvalue weighted by Crippen LogP contribution is 2.31. The fraction of sp³-hybridized carbons (Fsp3) is 0.364. The van der Waals surface area contributed by atoms with E-state index in [-0.39, 0.29) is 0 Å². The number of benzene rings is 2. The van der Waals surface area contributed by atoms with Crippen molar-refractivity contribution < 1.29 is 4.74 Å². The summed E-state index contributed by atoms with van der Waals surface area (Å²) in [6.07, 6.45) is 4.35. The Balaban J connectivity index is 1.57. The molecule has 3 aromatic rings. The number of aryl methyl sites for hydroxylation is 2. The van der Waals surface area contributed by atoms with E-state index in [2.05, 4.69) is 40.8 Å². The molecule has 146 valence electrons. The quantitative estimate of drug-likeness (QED) is 0.535.